The van der Waals surface area contributed by atoms with Crippen LogP contribution in [0.5, 0.6) is 0 Å². The highest BCUT2D eigenvalue weighted by molar-refractivity contribution is 7.92. The van der Waals surface area contributed by atoms with Gasteiger partial charge in [0.15, 0.2) is 4.90 Å². The average molecular weight is 314 g/mol. The first kappa shape index (κ1) is 14.9. The van der Waals surface area contributed by atoms with E-state index in [1.807, 2.05) is 4.72 Å². The predicted molar refractivity (Wildman–Crippen MR) is 70.3 cm³/mol. The minimum Gasteiger partial charge on any atom is -0.279 e. The summed E-state index contributed by atoms with van der Waals surface area (Å²) < 4.78 is 52.6. The van der Waals surface area contributed by atoms with Crippen LogP contribution in [0.2, 0.25) is 0 Å². The van der Waals surface area contributed by atoms with Gasteiger partial charge in [-0.05, 0) is 30.3 Å². The highest BCUT2D eigenvalue weighted by atomic mass is 32.2. The van der Waals surface area contributed by atoms with E-state index in [9.17, 15) is 27.3 Å². The molecule has 0 unspecified atom stereocenters. The number of halogens is 2. The Balaban J connectivity index is 2.50. The molecule has 0 atom stereocenters. The maximum absolute atomic E-state index is 13.4. The standard InChI is InChI=1S/C12H8F2N2O4S/c13-8-3-1-4-9(7-8)15-21(19,20)11-6-2-5-10(14)12(11)16(17)18/h1-7,15H. The minimum atomic E-state index is -4.43. The molecule has 0 aromatic heterocycles. The fraction of sp³-hybridized carbons (Fsp3) is 0. The van der Waals surface area contributed by atoms with Crippen molar-refractivity contribution in [1.29, 1.82) is 0 Å². The molecular formula is C12H8F2N2O4S. The molecule has 0 amide bonds. The predicted octanol–water partition coefficient (Wildman–Crippen LogP) is 2.67. The van der Waals surface area contributed by atoms with Crippen molar-refractivity contribution < 1.29 is 22.1 Å². The van der Waals surface area contributed by atoms with Crippen LogP contribution in [0.3, 0.4) is 0 Å². The third kappa shape index (κ3) is 3.14. The first-order chi connectivity index (χ1) is 9.81. The molecule has 0 aliphatic heterocycles. The van der Waals surface area contributed by atoms with Crippen LogP contribution in [0, 0.1) is 21.7 Å². The van der Waals surface area contributed by atoms with Gasteiger partial charge in [0, 0.05) is 0 Å². The van der Waals surface area contributed by atoms with Gasteiger partial charge in [-0.2, -0.15) is 4.39 Å². The van der Waals surface area contributed by atoms with Gasteiger partial charge in [-0.15, -0.1) is 0 Å². The lowest BCUT2D eigenvalue weighted by atomic mass is 10.3. The Bertz CT molecular complexity index is 809. The number of para-hydroxylation sites is 1. The van der Waals surface area contributed by atoms with Crippen molar-refractivity contribution in [2.45, 2.75) is 4.90 Å². The second kappa shape index (κ2) is 5.44. The van der Waals surface area contributed by atoms with Crippen LogP contribution in [0.4, 0.5) is 20.2 Å². The molecule has 0 spiro atoms. The molecule has 2 aromatic rings. The number of nitro benzene ring substituents is 1. The highest BCUT2D eigenvalue weighted by Crippen LogP contribution is 2.28. The Morgan fingerprint density at radius 2 is 1.76 bits per heavy atom. The number of hydrogen-bond donors (Lipinski definition) is 1. The van der Waals surface area contributed by atoms with E-state index < -0.39 is 37.2 Å². The molecule has 1 N–H and O–H groups in total. The van der Waals surface area contributed by atoms with Gasteiger partial charge in [-0.3, -0.25) is 14.8 Å². The summed E-state index contributed by atoms with van der Waals surface area (Å²) in [4.78, 5) is 8.84. The van der Waals surface area contributed by atoms with Gasteiger partial charge in [0.25, 0.3) is 10.0 Å². The van der Waals surface area contributed by atoms with Gasteiger partial charge in [0.05, 0.1) is 10.6 Å². The largest absolute Gasteiger partial charge is 0.325 e. The molecule has 2 aromatic carbocycles. The molecule has 0 radical (unpaired) electrons. The van der Waals surface area contributed by atoms with Crippen LogP contribution < -0.4 is 4.72 Å². The molecule has 0 bridgehead atoms. The maximum atomic E-state index is 13.4. The summed E-state index contributed by atoms with van der Waals surface area (Å²) in [6.07, 6.45) is 0. The number of hydrogen-bond acceptors (Lipinski definition) is 4. The number of nitrogens with zero attached hydrogens (tertiary/aromatic N) is 1. The second-order valence-electron chi connectivity index (χ2n) is 3.96. The smallest absolute Gasteiger partial charge is 0.279 e. The number of nitro groups is 1. The highest BCUT2D eigenvalue weighted by Gasteiger charge is 2.29. The molecule has 110 valence electrons. The van der Waals surface area contributed by atoms with E-state index in [1.54, 1.807) is 0 Å². The van der Waals surface area contributed by atoms with E-state index in [-0.39, 0.29) is 5.69 Å². The number of nitrogens with one attached hydrogen (secondary N) is 1. The van der Waals surface area contributed by atoms with E-state index in [0.29, 0.717) is 0 Å². The van der Waals surface area contributed by atoms with Crippen LogP contribution in [-0.2, 0) is 10.0 Å². The van der Waals surface area contributed by atoms with Crippen molar-refractivity contribution in [3.8, 4) is 0 Å². The van der Waals surface area contributed by atoms with Crippen molar-refractivity contribution in [2.75, 3.05) is 4.72 Å². The van der Waals surface area contributed by atoms with Crippen molar-refractivity contribution in [2.24, 2.45) is 0 Å². The molecule has 21 heavy (non-hydrogen) atoms. The molecule has 0 saturated carbocycles. The van der Waals surface area contributed by atoms with Crippen molar-refractivity contribution in [1.82, 2.24) is 0 Å². The molecule has 0 fully saturated rings. The van der Waals surface area contributed by atoms with Crippen LogP contribution in [0.25, 0.3) is 0 Å². The molecule has 9 heteroatoms. The molecule has 0 aliphatic carbocycles. The maximum Gasteiger partial charge on any atom is 0.325 e. The molecule has 6 nitrogen and oxygen atoms in total. The van der Waals surface area contributed by atoms with Crippen LogP contribution in [-0.4, -0.2) is 13.3 Å². The Labute approximate surface area is 118 Å². The van der Waals surface area contributed by atoms with Gasteiger partial charge in [0.1, 0.15) is 5.82 Å². The van der Waals surface area contributed by atoms with Gasteiger partial charge in [-0.25, -0.2) is 12.8 Å². The Kier molecular flexibility index (Phi) is 3.85. The fourth-order valence-electron chi connectivity index (χ4n) is 1.65. The van der Waals surface area contributed by atoms with E-state index >= 15 is 0 Å². The molecule has 0 heterocycles. The minimum absolute atomic E-state index is 0.131. The normalized spacial score (nSPS) is 11.1. The number of anilines is 1. The molecular weight excluding hydrogens is 306 g/mol. The summed E-state index contributed by atoms with van der Waals surface area (Å²) >= 11 is 0. The van der Waals surface area contributed by atoms with Gasteiger partial charge in [-0.1, -0.05) is 12.1 Å². The Morgan fingerprint density at radius 1 is 1.10 bits per heavy atom. The zero-order valence-electron chi connectivity index (χ0n) is 10.3. The van der Waals surface area contributed by atoms with E-state index in [2.05, 4.69) is 0 Å². The summed E-state index contributed by atoms with van der Waals surface area (Å²) in [6, 6.07) is 7.20. The molecule has 0 aliphatic rings. The molecule has 2 rings (SSSR count). The first-order valence-electron chi connectivity index (χ1n) is 5.52. The van der Waals surface area contributed by atoms with Gasteiger partial charge in [0.2, 0.25) is 5.82 Å². The zero-order valence-corrected chi connectivity index (χ0v) is 11.1. The lowest BCUT2D eigenvalue weighted by molar-refractivity contribution is -0.390. The zero-order chi connectivity index (χ0) is 15.6. The molecule has 0 saturated heterocycles. The Morgan fingerprint density at radius 3 is 2.38 bits per heavy atom. The quantitative estimate of drug-likeness (QED) is 0.694. The van der Waals surface area contributed by atoms with Crippen LogP contribution in [0.1, 0.15) is 0 Å². The third-order valence-corrected chi connectivity index (χ3v) is 3.91. The number of sulfonamides is 1. The number of benzene rings is 2. The average Bonchev–Trinajstić information content (AvgIpc) is 2.37. The number of rotatable bonds is 4. The van der Waals surface area contributed by atoms with E-state index in [4.69, 9.17) is 0 Å². The summed E-state index contributed by atoms with van der Waals surface area (Å²) in [7, 11) is -4.43. The summed E-state index contributed by atoms with van der Waals surface area (Å²) in [5.41, 5.74) is -1.30. The topological polar surface area (TPSA) is 89.3 Å². The third-order valence-electron chi connectivity index (χ3n) is 2.50. The monoisotopic (exact) mass is 314 g/mol. The van der Waals surface area contributed by atoms with Gasteiger partial charge < -0.3 is 0 Å². The van der Waals surface area contributed by atoms with Crippen molar-refractivity contribution >= 4 is 21.4 Å². The van der Waals surface area contributed by atoms with E-state index in [1.165, 1.54) is 12.1 Å². The first-order valence-corrected chi connectivity index (χ1v) is 7.01. The van der Waals surface area contributed by atoms with E-state index in [0.717, 1.165) is 30.3 Å². The van der Waals surface area contributed by atoms with Gasteiger partial charge >= 0.3 is 5.69 Å². The van der Waals surface area contributed by atoms with Crippen molar-refractivity contribution in [3.63, 3.8) is 0 Å². The lowest BCUT2D eigenvalue weighted by Gasteiger charge is -2.08. The van der Waals surface area contributed by atoms with Crippen LogP contribution >= 0.6 is 0 Å². The fourth-order valence-corrected chi connectivity index (χ4v) is 2.88. The summed E-state index contributed by atoms with van der Waals surface area (Å²) in [6.45, 7) is 0. The summed E-state index contributed by atoms with van der Waals surface area (Å²) in [5.74, 6) is -1.97. The summed E-state index contributed by atoms with van der Waals surface area (Å²) in [5, 5.41) is 10.8. The van der Waals surface area contributed by atoms with Crippen LogP contribution in [0.15, 0.2) is 47.4 Å². The Hall–Kier alpha value is -2.55. The van der Waals surface area contributed by atoms with Crippen molar-refractivity contribution in [3.05, 3.63) is 64.2 Å². The SMILES string of the molecule is O=[N+]([O-])c1c(F)cccc1S(=O)(=O)Nc1cccc(F)c1. The second-order valence-corrected chi connectivity index (χ2v) is 5.61. The lowest BCUT2D eigenvalue weighted by Crippen LogP contribution is -2.15.